The molecule has 0 unspecified atom stereocenters. The van der Waals surface area contributed by atoms with E-state index in [-0.39, 0.29) is 19.8 Å². The van der Waals surface area contributed by atoms with Crippen molar-refractivity contribution in [2.24, 2.45) is 5.41 Å². The number of hydrogen-bond acceptors (Lipinski definition) is 7. The molecule has 10 heteroatoms. The minimum atomic E-state index is -0.667. The first kappa shape index (κ1) is 78.6. The highest BCUT2D eigenvalue weighted by molar-refractivity contribution is 5.67. The molecule has 0 saturated carbocycles. The van der Waals surface area contributed by atoms with Gasteiger partial charge in [-0.25, -0.2) is 4.79 Å². The first-order valence-electron chi connectivity index (χ1n) is 30.6. The number of carbonyl (C=O) groups excluding carboxylic acids is 1. The topological polar surface area (TPSA) is 190 Å². The number of unbranched alkanes of at least 4 members (excludes halogenated alkanes) is 42. The van der Waals surface area contributed by atoms with Crippen LogP contribution in [-0.4, -0.2) is 74.3 Å². The SMILES string of the molecule is C=C=O.CCC(CO)(CO)CO.CCCCCCCCCCCCCCCCCC(=O)O.CCCCCCCCCCCCCCCCCC(=O)O.CCCCCCCCCCCCCCCCCC(=O)O. The van der Waals surface area contributed by atoms with Gasteiger partial charge in [-0.05, 0) is 32.3 Å². The molecule has 0 saturated heterocycles. The normalized spacial score (nSPS) is 10.7. The molecule has 0 amide bonds. The summed E-state index contributed by atoms with van der Waals surface area (Å²) in [7, 11) is 0. The Morgan fingerprint density at radius 1 is 0.306 bits per heavy atom. The largest absolute Gasteiger partial charge is 0.481 e. The number of aliphatic hydroxyl groups excluding tert-OH is 3. The van der Waals surface area contributed by atoms with Gasteiger partial charge in [-0.3, -0.25) is 14.4 Å². The Bertz CT molecular complexity index is 934. The van der Waals surface area contributed by atoms with Crippen LogP contribution in [0.25, 0.3) is 0 Å². The summed E-state index contributed by atoms with van der Waals surface area (Å²) >= 11 is 0. The highest BCUT2D eigenvalue weighted by Gasteiger charge is 2.25. The Hall–Kier alpha value is -2.26. The zero-order valence-electron chi connectivity index (χ0n) is 48.3. The van der Waals surface area contributed by atoms with Gasteiger partial charge in [-0.2, -0.15) is 0 Å². The molecular weight excluding hydrogens is 905 g/mol. The Morgan fingerprint density at radius 3 is 0.514 bits per heavy atom. The molecule has 0 rings (SSSR count). The Balaban J connectivity index is -0.000000280. The summed E-state index contributed by atoms with van der Waals surface area (Å²) in [6.07, 6.45) is 61.2. The molecule has 10 nitrogen and oxygen atoms in total. The number of carboxylic acids is 3. The van der Waals surface area contributed by atoms with Gasteiger partial charge in [0, 0.05) is 24.7 Å². The van der Waals surface area contributed by atoms with E-state index in [0.29, 0.717) is 25.7 Å². The number of hydrogen-bond donors (Lipinski definition) is 6. The molecule has 0 aromatic rings. The molecule has 72 heavy (non-hydrogen) atoms. The number of rotatable bonds is 52. The van der Waals surface area contributed by atoms with E-state index in [1.165, 1.54) is 256 Å². The van der Waals surface area contributed by atoms with Crippen molar-refractivity contribution in [3.05, 3.63) is 6.58 Å². The lowest BCUT2D eigenvalue weighted by molar-refractivity contribution is -0.138. The van der Waals surface area contributed by atoms with Crippen molar-refractivity contribution < 1.29 is 49.8 Å². The second-order valence-electron chi connectivity index (χ2n) is 20.8. The summed E-state index contributed by atoms with van der Waals surface area (Å²) in [6.45, 7) is 10.8. The predicted octanol–water partition coefficient (Wildman–Crippen LogP) is 18.4. The second kappa shape index (κ2) is 73.0. The van der Waals surface area contributed by atoms with Crippen LogP contribution in [0.4, 0.5) is 0 Å². The van der Waals surface area contributed by atoms with Crippen LogP contribution in [0.5, 0.6) is 0 Å². The van der Waals surface area contributed by atoms with Gasteiger partial charge in [-0.1, -0.05) is 297 Å². The molecule has 0 spiro atoms. The molecule has 0 fully saturated rings. The third-order valence-electron chi connectivity index (χ3n) is 13.7. The standard InChI is InChI=1S/3C18H36O2.C6H14O3.C2H2O/c3*1-2-3-4-5-6-7-8-9-10-11-12-13-14-15-16-17-18(19)20;1-2-6(3-7,4-8)5-9;1-2-3/h3*2-17H2,1H3,(H,19,20);7-9H,2-5H2,1H3;1H2. The van der Waals surface area contributed by atoms with Crippen LogP contribution in [0.1, 0.15) is 342 Å². The molecule has 0 aromatic carbocycles. The molecule has 6 N–H and O–H groups in total. The fraction of sp³-hybridized carbons (Fsp3) is 0.919. The minimum absolute atomic E-state index is 0.156. The molecular formula is C62H124O10. The van der Waals surface area contributed by atoms with Gasteiger partial charge in [0.15, 0.2) is 0 Å². The van der Waals surface area contributed by atoms with Crippen molar-refractivity contribution >= 4 is 23.8 Å². The maximum absolute atomic E-state index is 10.3. The van der Waals surface area contributed by atoms with E-state index in [0.717, 1.165) is 38.5 Å². The maximum atomic E-state index is 10.3. The lowest BCUT2D eigenvalue weighted by Gasteiger charge is -2.24. The van der Waals surface area contributed by atoms with Gasteiger partial charge >= 0.3 is 17.9 Å². The molecule has 0 heterocycles. The molecule has 0 aliphatic heterocycles. The summed E-state index contributed by atoms with van der Waals surface area (Å²) in [4.78, 5) is 39.6. The molecule has 0 aliphatic carbocycles. The van der Waals surface area contributed by atoms with Gasteiger partial charge in [-0.15, -0.1) is 0 Å². The van der Waals surface area contributed by atoms with Gasteiger partial charge < -0.3 is 30.6 Å². The summed E-state index contributed by atoms with van der Waals surface area (Å²) in [6, 6.07) is 0. The smallest absolute Gasteiger partial charge is 0.303 e. The van der Waals surface area contributed by atoms with E-state index in [1.54, 1.807) is 0 Å². The lowest BCUT2D eigenvalue weighted by atomic mass is 9.88. The second-order valence-corrected chi connectivity index (χ2v) is 20.8. The van der Waals surface area contributed by atoms with Crippen LogP contribution in [0.3, 0.4) is 0 Å². The summed E-state index contributed by atoms with van der Waals surface area (Å²) in [5.41, 5.74) is -0.667. The zero-order chi connectivity index (χ0) is 54.7. The van der Waals surface area contributed by atoms with E-state index >= 15 is 0 Å². The first-order chi connectivity index (χ1) is 35.0. The van der Waals surface area contributed by atoms with E-state index in [2.05, 4.69) is 27.4 Å². The fourth-order valence-electron chi connectivity index (χ4n) is 8.43. The molecule has 0 radical (unpaired) electrons. The van der Waals surface area contributed by atoms with Crippen LogP contribution in [0, 0.1) is 5.41 Å². The number of aliphatic carboxylic acids is 3. The van der Waals surface area contributed by atoms with Crippen LogP contribution in [0.2, 0.25) is 0 Å². The van der Waals surface area contributed by atoms with Gasteiger partial charge in [0.05, 0.1) is 19.8 Å². The van der Waals surface area contributed by atoms with Gasteiger partial charge in [0.25, 0.3) is 0 Å². The van der Waals surface area contributed by atoms with E-state index in [1.807, 2.05) is 6.92 Å². The summed E-state index contributed by atoms with van der Waals surface area (Å²) < 4.78 is 0. The van der Waals surface area contributed by atoms with Crippen molar-refractivity contribution in [1.82, 2.24) is 0 Å². The Kier molecular flexibility index (Phi) is 79.7. The fourth-order valence-corrected chi connectivity index (χ4v) is 8.43. The van der Waals surface area contributed by atoms with Crippen molar-refractivity contribution in [2.75, 3.05) is 19.8 Å². The zero-order valence-corrected chi connectivity index (χ0v) is 48.3. The maximum Gasteiger partial charge on any atom is 0.303 e. The molecule has 0 atom stereocenters. The van der Waals surface area contributed by atoms with Crippen molar-refractivity contribution in [1.29, 1.82) is 0 Å². The quantitative estimate of drug-likeness (QED) is 0.0253. The highest BCUT2D eigenvalue weighted by Crippen LogP contribution is 2.19. The Labute approximate surface area is 446 Å². The average molecular weight is 1030 g/mol. The van der Waals surface area contributed by atoms with E-state index < -0.39 is 23.3 Å². The summed E-state index contributed by atoms with van der Waals surface area (Å²) in [5.74, 6) is -0.709. The molecule has 0 aliphatic rings. The van der Waals surface area contributed by atoms with Crippen LogP contribution in [0.15, 0.2) is 6.58 Å². The first-order valence-corrected chi connectivity index (χ1v) is 30.6. The molecule has 0 bridgehead atoms. The van der Waals surface area contributed by atoms with Crippen molar-refractivity contribution in [2.45, 2.75) is 342 Å². The van der Waals surface area contributed by atoms with Crippen LogP contribution >= 0.6 is 0 Å². The molecule has 0 aromatic heterocycles. The third-order valence-corrected chi connectivity index (χ3v) is 13.7. The van der Waals surface area contributed by atoms with E-state index in [4.69, 9.17) is 35.4 Å². The van der Waals surface area contributed by atoms with Crippen molar-refractivity contribution in [3.8, 4) is 0 Å². The molecule has 432 valence electrons. The van der Waals surface area contributed by atoms with Crippen LogP contribution in [-0.2, 0) is 19.2 Å². The average Bonchev–Trinajstić information content (AvgIpc) is 3.36. The number of carboxylic acid groups (broad SMARTS) is 3. The third kappa shape index (κ3) is 81.8. The van der Waals surface area contributed by atoms with E-state index in [9.17, 15) is 14.4 Å². The lowest BCUT2D eigenvalue weighted by Crippen LogP contribution is -2.32. The highest BCUT2D eigenvalue weighted by atomic mass is 16.4. The summed E-state index contributed by atoms with van der Waals surface area (Å²) in [5, 5.41) is 51.5. The Morgan fingerprint density at radius 2 is 0.431 bits per heavy atom. The van der Waals surface area contributed by atoms with Crippen molar-refractivity contribution in [3.63, 3.8) is 0 Å². The number of carbonyl (C=O) groups is 3. The monoisotopic (exact) mass is 1030 g/mol. The number of aliphatic hydroxyl groups is 3. The predicted molar refractivity (Wildman–Crippen MR) is 307 cm³/mol. The van der Waals surface area contributed by atoms with Gasteiger partial charge in [0.1, 0.15) is 5.94 Å². The van der Waals surface area contributed by atoms with Gasteiger partial charge in [0.2, 0.25) is 0 Å². The minimum Gasteiger partial charge on any atom is -0.481 e. The van der Waals surface area contributed by atoms with Crippen LogP contribution < -0.4 is 0 Å².